The summed E-state index contributed by atoms with van der Waals surface area (Å²) in [6, 6.07) is 6.09. The SMILES string of the molecule is Cc1ccc(CNC(=O)C2CCCCC2(C)N)c(OC(C)C)c1. The number of carbonyl (C=O) groups is 1. The summed E-state index contributed by atoms with van der Waals surface area (Å²) in [5.74, 6) is 0.807. The van der Waals surface area contributed by atoms with Gasteiger partial charge in [-0.2, -0.15) is 0 Å². The van der Waals surface area contributed by atoms with Gasteiger partial charge in [0.25, 0.3) is 0 Å². The van der Waals surface area contributed by atoms with E-state index in [1.807, 2.05) is 45.9 Å². The standard InChI is InChI=1S/C19H30N2O2/c1-13(2)23-17-11-14(3)8-9-15(17)12-21-18(22)16-7-5-6-10-19(16,4)20/h8-9,11,13,16H,5-7,10,12,20H2,1-4H3,(H,21,22). The van der Waals surface area contributed by atoms with Gasteiger partial charge in [-0.05, 0) is 52.2 Å². The molecule has 1 aliphatic rings. The van der Waals surface area contributed by atoms with E-state index in [2.05, 4.69) is 5.32 Å². The van der Waals surface area contributed by atoms with Gasteiger partial charge in [0.1, 0.15) is 5.75 Å². The summed E-state index contributed by atoms with van der Waals surface area (Å²) in [7, 11) is 0. The number of rotatable bonds is 5. The van der Waals surface area contributed by atoms with Crippen molar-refractivity contribution in [3.8, 4) is 5.75 Å². The van der Waals surface area contributed by atoms with Crippen molar-refractivity contribution in [2.24, 2.45) is 11.7 Å². The summed E-state index contributed by atoms with van der Waals surface area (Å²) < 4.78 is 5.87. The van der Waals surface area contributed by atoms with E-state index in [-0.39, 0.29) is 17.9 Å². The van der Waals surface area contributed by atoms with E-state index in [0.29, 0.717) is 6.54 Å². The number of nitrogens with two attached hydrogens (primary N) is 1. The fraction of sp³-hybridized carbons (Fsp3) is 0.632. The smallest absolute Gasteiger partial charge is 0.225 e. The monoisotopic (exact) mass is 318 g/mol. The van der Waals surface area contributed by atoms with Gasteiger partial charge in [0, 0.05) is 17.6 Å². The second-order valence-electron chi connectivity index (χ2n) is 7.30. The minimum absolute atomic E-state index is 0.0609. The Morgan fingerprint density at radius 3 is 2.83 bits per heavy atom. The van der Waals surface area contributed by atoms with Crippen LogP contribution in [0.2, 0.25) is 0 Å². The minimum atomic E-state index is -0.396. The quantitative estimate of drug-likeness (QED) is 0.875. The molecule has 4 heteroatoms. The highest BCUT2D eigenvalue weighted by Gasteiger charge is 2.37. The Labute approximate surface area is 139 Å². The van der Waals surface area contributed by atoms with Gasteiger partial charge >= 0.3 is 0 Å². The fourth-order valence-electron chi connectivity index (χ4n) is 3.27. The predicted octanol–water partition coefficient (Wildman–Crippen LogP) is 3.31. The molecule has 0 aliphatic heterocycles. The van der Waals surface area contributed by atoms with Crippen molar-refractivity contribution < 1.29 is 9.53 Å². The lowest BCUT2D eigenvalue weighted by Crippen LogP contribution is -2.52. The van der Waals surface area contributed by atoms with Crippen molar-refractivity contribution in [1.82, 2.24) is 5.32 Å². The first-order valence-electron chi connectivity index (χ1n) is 8.62. The number of hydrogen-bond donors (Lipinski definition) is 2. The molecule has 0 radical (unpaired) electrons. The molecule has 1 fully saturated rings. The molecular formula is C19H30N2O2. The van der Waals surface area contributed by atoms with Crippen LogP contribution in [0.5, 0.6) is 5.75 Å². The zero-order valence-electron chi connectivity index (χ0n) is 14.8. The fourth-order valence-corrected chi connectivity index (χ4v) is 3.27. The van der Waals surface area contributed by atoms with Gasteiger partial charge in [-0.1, -0.05) is 25.0 Å². The number of carbonyl (C=O) groups excluding carboxylic acids is 1. The van der Waals surface area contributed by atoms with Crippen LogP contribution in [0.15, 0.2) is 18.2 Å². The highest BCUT2D eigenvalue weighted by Crippen LogP contribution is 2.32. The van der Waals surface area contributed by atoms with Crippen LogP contribution in [0.4, 0.5) is 0 Å². The van der Waals surface area contributed by atoms with Crippen molar-refractivity contribution in [3.63, 3.8) is 0 Å². The maximum atomic E-state index is 12.6. The molecule has 23 heavy (non-hydrogen) atoms. The first-order chi connectivity index (χ1) is 10.8. The van der Waals surface area contributed by atoms with Crippen LogP contribution in [-0.4, -0.2) is 17.6 Å². The topological polar surface area (TPSA) is 64.4 Å². The normalized spacial score (nSPS) is 24.5. The molecule has 2 unspecified atom stereocenters. The predicted molar refractivity (Wildman–Crippen MR) is 93.3 cm³/mol. The van der Waals surface area contributed by atoms with E-state index >= 15 is 0 Å². The summed E-state index contributed by atoms with van der Waals surface area (Å²) in [5, 5.41) is 3.06. The van der Waals surface area contributed by atoms with Crippen LogP contribution in [0.25, 0.3) is 0 Å². The highest BCUT2D eigenvalue weighted by molar-refractivity contribution is 5.80. The number of ether oxygens (including phenoxy) is 1. The largest absolute Gasteiger partial charge is 0.491 e. The number of nitrogens with one attached hydrogen (secondary N) is 1. The lowest BCUT2D eigenvalue weighted by molar-refractivity contribution is -0.128. The molecule has 0 spiro atoms. The molecule has 2 rings (SSSR count). The minimum Gasteiger partial charge on any atom is -0.491 e. The third-order valence-electron chi connectivity index (χ3n) is 4.61. The molecule has 1 aromatic carbocycles. The van der Waals surface area contributed by atoms with Gasteiger partial charge in [0.05, 0.1) is 12.0 Å². The van der Waals surface area contributed by atoms with Crippen LogP contribution in [0.3, 0.4) is 0 Å². The first-order valence-corrected chi connectivity index (χ1v) is 8.62. The zero-order valence-corrected chi connectivity index (χ0v) is 14.8. The summed E-state index contributed by atoms with van der Waals surface area (Å²) in [5.41, 5.74) is 8.08. The Hall–Kier alpha value is -1.55. The van der Waals surface area contributed by atoms with Crippen molar-refractivity contribution in [2.45, 2.75) is 71.6 Å². The second kappa shape index (κ2) is 7.35. The van der Waals surface area contributed by atoms with Crippen molar-refractivity contribution >= 4 is 5.91 Å². The van der Waals surface area contributed by atoms with Crippen molar-refractivity contribution in [1.29, 1.82) is 0 Å². The number of benzene rings is 1. The van der Waals surface area contributed by atoms with Gasteiger partial charge in [-0.25, -0.2) is 0 Å². The van der Waals surface area contributed by atoms with E-state index in [1.54, 1.807) is 0 Å². The third-order valence-corrected chi connectivity index (χ3v) is 4.61. The molecule has 2 atom stereocenters. The van der Waals surface area contributed by atoms with Gasteiger partial charge in [-0.3, -0.25) is 4.79 Å². The average molecular weight is 318 g/mol. The molecule has 1 aromatic rings. The molecule has 0 saturated heterocycles. The summed E-state index contributed by atoms with van der Waals surface area (Å²) >= 11 is 0. The lowest BCUT2D eigenvalue weighted by atomic mass is 9.74. The van der Waals surface area contributed by atoms with Gasteiger partial charge < -0.3 is 15.8 Å². The van der Waals surface area contributed by atoms with E-state index < -0.39 is 5.54 Å². The van der Waals surface area contributed by atoms with Crippen LogP contribution < -0.4 is 15.8 Å². The van der Waals surface area contributed by atoms with E-state index in [1.165, 1.54) is 0 Å². The van der Waals surface area contributed by atoms with Gasteiger partial charge in [0.2, 0.25) is 5.91 Å². The lowest BCUT2D eigenvalue weighted by Gasteiger charge is -2.37. The Morgan fingerprint density at radius 1 is 1.43 bits per heavy atom. The molecule has 4 nitrogen and oxygen atoms in total. The molecule has 1 aliphatic carbocycles. The molecule has 0 bridgehead atoms. The second-order valence-corrected chi connectivity index (χ2v) is 7.30. The Kier molecular flexibility index (Phi) is 5.69. The van der Waals surface area contributed by atoms with Crippen LogP contribution in [-0.2, 0) is 11.3 Å². The van der Waals surface area contributed by atoms with Crippen molar-refractivity contribution in [2.75, 3.05) is 0 Å². The number of hydrogen-bond acceptors (Lipinski definition) is 3. The molecule has 128 valence electrons. The third kappa shape index (κ3) is 4.71. The Morgan fingerprint density at radius 2 is 2.17 bits per heavy atom. The van der Waals surface area contributed by atoms with E-state index in [9.17, 15) is 4.79 Å². The van der Waals surface area contributed by atoms with E-state index in [0.717, 1.165) is 42.6 Å². The Bertz CT molecular complexity index is 552. The van der Waals surface area contributed by atoms with Crippen LogP contribution in [0, 0.1) is 12.8 Å². The number of amides is 1. The summed E-state index contributed by atoms with van der Waals surface area (Å²) in [4.78, 5) is 12.6. The average Bonchev–Trinajstić information content (AvgIpc) is 2.45. The van der Waals surface area contributed by atoms with Crippen LogP contribution in [0.1, 0.15) is 57.6 Å². The summed E-state index contributed by atoms with van der Waals surface area (Å²) in [6.07, 6.45) is 4.09. The van der Waals surface area contributed by atoms with Crippen LogP contribution >= 0.6 is 0 Å². The number of aryl methyl sites for hydroxylation is 1. The van der Waals surface area contributed by atoms with E-state index in [4.69, 9.17) is 10.5 Å². The van der Waals surface area contributed by atoms with Crippen molar-refractivity contribution in [3.05, 3.63) is 29.3 Å². The first kappa shape index (κ1) is 17.8. The molecule has 3 N–H and O–H groups in total. The molecular weight excluding hydrogens is 288 g/mol. The maximum Gasteiger partial charge on any atom is 0.225 e. The molecule has 1 saturated carbocycles. The maximum absolute atomic E-state index is 12.6. The zero-order chi connectivity index (χ0) is 17.0. The molecule has 1 amide bonds. The highest BCUT2D eigenvalue weighted by atomic mass is 16.5. The molecule has 0 aromatic heterocycles. The summed E-state index contributed by atoms with van der Waals surface area (Å²) in [6.45, 7) is 8.53. The molecule has 0 heterocycles. The van der Waals surface area contributed by atoms with Gasteiger partial charge in [-0.15, -0.1) is 0 Å². The Balaban J connectivity index is 2.04. The van der Waals surface area contributed by atoms with Gasteiger partial charge in [0.15, 0.2) is 0 Å².